The van der Waals surface area contributed by atoms with Crippen LogP contribution < -0.4 is 0 Å². The van der Waals surface area contributed by atoms with E-state index in [1.807, 2.05) is 0 Å². The highest BCUT2D eigenvalue weighted by molar-refractivity contribution is 5.19. The maximum atomic E-state index is 2.44. The average Bonchev–Trinajstić information content (AvgIpc) is 2.67. The van der Waals surface area contributed by atoms with Crippen molar-refractivity contribution in [2.75, 3.05) is 0 Å². The van der Waals surface area contributed by atoms with Crippen LogP contribution in [0.4, 0.5) is 0 Å². The zero-order chi connectivity index (χ0) is 17.9. The lowest BCUT2D eigenvalue weighted by Gasteiger charge is -2.18. The summed E-state index contributed by atoms with van der Waals surface area (Å²) in [5, 5.41) is 0. The summed E-state index contributed by atoms with van der Waals surface area (Å²) in [7, 11) is 0. The second-order valence-electron chi connectivity index (χ2n) is 7.79. The van der Waals surface area contributed by atoms with E-state index in [-0.39, 0.29) is 0 Å². The van der Waals surface area contributed by atoms with Gasteiger partial charge in [-0.1, -0.05) is 107 Å². The van der Waals surface area contributed by atoms with Crippen molar-refractivity contribution >= 4 is 0 Å². The molecule has 0 heterocycles. The Balaban J connectivity index is 1.63. The molecule has 0 aliphatic rings. The van der Waals surface area contributed by atoms with Gasteiger partial charge in [-0.05, 0) is 48.1 Å². The van der Waals surface area contributed by atoms with Crippen molar-refractivity contribution in [2.24, 2.45) is 5.92 Å². The van der Waals surface area contributed by atoms with E-state index in [9.17, 15) is 0 Å². The van der Waals surface area contributed by atoms with Crippen molar-refractivity contribution in [1.29, 1.82) is 0 Å². The summed E-state index contributed by atoms with van der Waals surface area (Å²) in [5.74, 6) is 2.28. The molecule has 3 atom stereocenters. The molecule has 25 heavy (non-hydrogen) atoms. The molecule has 0 bridgehead atoms. The molecule has 0 radical (unpaired) electrons. The molecule has 0 aromatic heterocycles. The van der Waals surface area contributed by atoms with Crippen molar-refractivity contribution in [3.8, 4) is 0 Å². The summed E-state index contributed by atoms with van der Waals surface area (Å²) in [5.41, 5.74) is 3.01. The lowest BCUT2D eigenvalue weighted by Crippen LogP contribution is -2.02. The number of unbranched alkanes of at least 4 members (excludes halogenated alkanes) is 1. The second-order valence-corrected chi connectivity index (χ2v) is 7.79. The molecule has 0 amide bonds. The van der Waals surface area contributed by atoms with E-state index in [4.69, 9.17) is 0 Å². The Morgan fingerprint density at radius 2 is 1.20 bits per heavy atom. The molecule has 0 spiro atoms. The van der Waals surface area contributed by atoms with Crippen molar-refractivity contribution in [3.63, 3.8) is 0 Å². The minimum Gasteiger partial charge on any atom is -0.0648 e. The number of hydrogen-bond donors (Lipinski definition) is 0. The molecular formula is C25H36. The standard InChI is InChI=1S/C25H36/c1-4-23(25-17-9-6-10-18-25)20-19-21(2)13-11-12-14-22(3)24-15-7-5-8-16-24/h5-10,15-18,21-23H,4,11-14,19-20H2,1-3H3. The summed E-state index contributed by atoms with van der Waals surface area (Å²) in [4.78, 5) is 0. The SMILES string of the molecule is CCC(CCC(C)CCCCC(C)c1ccccc1)c1ccccc1. The van der Waals surface area contributed by atoms with Gasteiger partial charge in [0.05, 0.1) is 0 Å². The predicted molar refractivity (Wildman–Crippen MR) is 111 cm³/mol. The van der Waals surface area contributed by atoms with E-state index in [1.165, 1.54) is 56.1 Å². The van der Waals surface area contributed by atoms with Crippen LogP contribution in [0.3, 0.4) is 0 Å². The molecule has 0 saturated heterocycles. The zero-order valence-corrected chi connectivity index (χ0v) is 16.5. The summed E-state index contributed by atoms with van der Waals surface area (Å²) >= 11 is 0. The van der Waals surface area contributed by atoms with Gasteiger partial charge in [0.15, 0.2) is 0 Å². The van der Waals surface area contributed by atoms with Crippen LogP contribution in [-0.2, 0) is 0 Å². The first-order chi connectivity index (χ1) is 12.2. The van der Waals surface area contributed by atoms with Gasteiger partial charge in [-0.2, -0.15) is 0 Å². The van der Waals surface area contributed by atoms with Crippen LogP contribution in [0.25, 0.3) is 0 Å². The van der Waals surface area contributed by atoms with Crippen LogP contribution in [0.2, 0.25) is 0 Å². The summed E-state index contributed by atoms with van der Waals surface area (Å²) in [6, 6.07) is 22.0. The highest BCUT2D eigenvalue weighted by Crippen LogP contribution is 2.28. The minimum absolute atomic E-state index is 0.694. The Hall–Kier alpha value is -1.56. The molecule has 0 saturated carbocycles. The van der Waals surface area contributed by atoms with Crippen molar-refractivity contribution < 1.29 is 0 Å². The van der Waals surface area contributed by atoms with Crippen LogP contribution in [0.5, 0.6) is 0 Å². The first-order valence-corrected chi connectivity index (χ1v) is 10.3. The van der Waals surface area contributed by atoms with Gasteiger partial charge in [-0.3, -0.25) is 0 Å². The van der Waals surface area contributed by atoms with Crippen molar-refractivity contribution in [1.82, 2.24) is 0 Å². The van der Waals surface area contributed by atoms with E-state index in [0.29, 0.717) is 5.92 Å². The van der Waals surface area contributed by atoms with Gasteiger partial charge in [0.25, 0.3) is 0 Å². The van der Waals surface area contributed by atoms with Gasteiger partial charge >= 0.3 is 0 Å². The highest BCUT2D eigenvalue weighted by Gasteiger charge is 2.11. The maximum Gasteiger partial charge on any atom is -0.0164 e. The topological polar surface area (TPSA) is 0 Å². The number of benzene rings is 2. The third-order valence-corrected chi connectivity index (χ3v) is 5.72. The Kier molecular flexibility index (Phi) is 8.80. The van der Waals surface area contributed by atoms with Gasteiger partial charge in [-0.15, -0.1) is 0 Å². The molecule has 2 aromatic rings. The fraction of sp³-hybridized carbons (Fsp3) is 0.520. The van der Waals surface area contributed by atoms with Gasteiger partial charge in [0, 0.05) is 0 Å². The molecule has 0 aliphatic carbocycles. The number of hydrogen-bond acceptors (Lipinski definition) is 0. The molecule has 2 rings (SSSR count). The minimum atomic E-state index is 0.694. The van der Waals surface area contributed by atoms with Gasteiger partial charge in [-0.25, -0.2) is 0 Å². The Morgan fingerprint density at radius 3 is 1.80 bits per heavy atom. The fourth-order valence-electron chi connectivity index (χ4n) is 3.85. The average molecular weight is 337 g/mol. The summed E-state index contributed by atoms with van der Waals surface area (Å²) in [6.45, 7) is 7.14. The third kappa shape index (κ3) is 7.06. The molecule has 0 N–H and O–H groups in total. The zero-order valence-electron chi connectivity index (χ0n) is 16.5. The molecule has 0 heteroatoms. The van der Waals surface area contributed by atoms with E-state index >= 15 is 0 Å². The van der Waals surface area contributed by atoms with Gasteiger partial charge in [0.1, 0.15) is 0 Å². The van der Waals surface area contributed by atoms with Crippen LogP contribution in [-0.4, -0.2) is 0 Å². The molecule has 2 aromatic carbocycles. The van der Waals surface area contributed by atoms with Crippen LogP contribution in [0.1, 0.15) is 88.7 Å². The van der Waals surface area contributed by atoms with Crippen LogP contribution in [0.15, 0.2) is 60.7 Å². The van der Waals surface area contributed by atoms with E-state index < -0.39 is 0 Å². The van der Waals surface area contributed by atoms with E-state index in [2.05, 4.69) is 81.4 Å². The van der Waals surface area contributed by atoms with Gasteiger partial charge < -0.3 is 0 Å². The molecule has 3 unspecified atom stereocenters. The predicted octanol–water partition coefficient (Wildman–Crippen LogP) is 7.96. The smallest absolute Gasteiger partial charge is 0.0164 e. The maximum absolute atomic E-state index is 2.44. The molecule has 136 valence electrons. The molecule has 0 nitrogen and oxygen atoms in total. The fourth-order valence-corrected chi connectivity index (χ4v) is 3.85. The first-order valence-electron chi connectivity index (χ1n) is 10.3. The quantitative estimate of drug-likeness (QED) is 0.365. The lowest BCUT2D eigenvalue weighted by atomic mass is 9.87. The first kappa shape index (κ1) is 19.8. The van der Waals surface area contributed by atoms with E-state index in [0.717, 1.165) is 11.8 Å². The second kappa shape index (κ2) is 11.1. The number of rotatable bonds is 11. The van der Waals surface area contributed by atoms with Crippen molar-refractivity contribution in [3.05, 3.63) is 71.8 Å². The molecule has 0 aliphatic heterocycles. The monoisotopic (exact) mass is 336 g/mol. The Morgan fingerprint density at radius 1 is 0.640 bits per heavy atom. The van der Waals surface area contributed by atoms with E-state index in [1.54, 1.807) is 0 Å². The lowest BCUT2D eigenvalue weighted by molar-refractivity contribution is 0.418. The largest absolute Gasteiger partial charge is 0.0648 e. The third-order valence-electron chi connectivity index (χ3n) is 5.72. The highest BCUT2D eigenvalue weighted by atomic mass is 14.2. The normalized spacial score (nSPS) is 14.8. The summed E-state index contributed by atoms with van der Waals surface area (Å²) < 4.78 is 0. The molecule has 0 fully saturated rings. The Bertz CT molecular complexity index is 557. The molecular weight excluding hydrogens is 300 g/mol. The van der Waals surface area contributed by atoms with Crippen molar-refractivity contribution in [2.45, 2.75) is 77.6 Å². The Labute approximate surface area is 155 Å². The summed E-state index contributed by atoms with van der Waals surface area (Å²) in [6.07, 6.45) is 9.39. The van der Waals surface area contributed by atoms with Gasteiger partial charge in [0.2, 0.25) is 0 Å². The van der Waals surface area contributed by atoms with Crippen LogP contribution in [0, 0.1) is 5.92 Å². The van der Waals surface area contributed by atoms with Crippen LogP contribution >= 0.6 is 0 Å².